The van der Waals surface area contributed by atoms with Crippen molar-refractivity contribution < 1.29 is 4.79 Å². The molecular weight excluding hydrogens is 192 g/mol. The molecule has 0 atom stereocenters. The summed E-state index contributed by atoms with van der Waals surface area (Å²) in [5, 5.41) is 0. The van der Waals surface area contributed by atoms with Crippen LogP contribution in [-0.2, 0) is 4.79 Å². The maximum Gasteiger partial charge on any atom is 0.119 e. The Morgan fingerprint density at radius 3 is 2.93 bits per heavy atom. The van der Waals surface area contributed by atoms with Crippen LogP contribution < -0.4 is 0 Å². The number of hydrogen-bond donors (Lipinski definition) is 0. The lowest BCUT2D eigenvalue weighted by atomic mass is 10.2. The van der Waals surface area contributed by atoms with Crippen LogP contribution in [0.25, 0.3) is 0 Å². The zero-order valence-corrected chi connectivity index (χ0v) is 9.35. The lowest BCUT2D eigenvalue weighted by Gasteiger charge is -2.01. The van der Waals surface area contributed by atoms with E-state index < -0.39 is 0 Å². The number of aldehydes is 1. The van der Waals surface area contributed by atoms with Crippen molar-refractivity contribution in [1.82, 2.24) is 0 Å². The first-order valence-corrected chi connectivity index (χ1v) is 5.94. The molecule has 0 spiro atoms. The molecule has 1 nitrogen and oxygen atoms in total. The Hall–Kier alpha value is -0.760. The van der Waals surface area contributed by atoms with Gasteiger partial charge in [0.1, 0.15) is 6.29 Å². The second-order valence-electron chi connectivity index (χ2n) is 3.33. The third-order valence-corrected chi connectivity index (χ3v) is 3.05. The SMILES string of the molecule is Cc1cccc(SCCCCC=O)c1. The molecule has 0 fully saturated rings. The molecule has 76 valence electrons. The summed E-state index contributed by atoms with van der Waals surface area (Å²) in [6.07, 6.45) is 3.84. The molecule has 14 heavy (non-hydrogen) atoms. The Morgan fingerprint density at radius 2 is 2.21 bits per heavy atom. The topological polar surface area (TPSA) is 17.1 Å². The van der Waals surface area contributed by atoms with Crippen molar-refractivity contribution in [3.05, 3.63) is 29.8 Å². The highest BCUT2D eigenvalue weighted by atomic mass is 32.2. The van der Waals surface area contributed by atoms with E-state index >= 15 is 0 Å². The Labute approximate surface area is 89.9 Å². The van der Waals surface area contributed by atoms with Crippen LogP contribution in [0.15, 0.2) is 29.2 Å². The quantitative estimate of drug-likeness (QED) is 0.404. The van der Waals surface area contributed by atoms with Crippen molar-refractivity contribution in [3.8, 4) is 0 Å². The van der Waals surface area contributed by atoms with E-state index in [0.29, 0.717) is 6.42 Å². The van der Waals surface area contributed by atoms with E-state index in [0.717, 1.165) is 24.9 Å². The molecule has 0 unspecified atom stereocenters. The van der Waals surface area contributed by atoms with Gasteiger partial charge in [-0.05, 0) is 37.7 Å². The van der Waals surface area contributed by atoms with Gasteiger partial charge in [-0.15, -0.1) is 11.8 Å². The maximum absolute atomic E-state index is 10.1. The molecule has 0 N–H and O–H groups in total. The van der Waals surface area contributed by atoms with Crippen molar-refractivity contribution in [2.75, 3.05) is 5.75 Å². The van der Waals surface area contributed by atoms with Gasteiger partial charge in [-0.3, -0.25) is 0 Å². The molecule has 0 saturated carbocycles. The number of rotatable bonds is 6. The van der Waals surface area contributed by atoms with E-state index in [1.165, 1.54) is 10.5 Å². The minimum absolute atomic E-state index is 0.703. The van der Waals surface area contributed by atoms with Gasteiger partial charge < -0.3 is 4.79 Å². The van der Waals surface area contributed by atoms with E-state index in [2.05, 4.69) is 31.2 Å². The average Bonchev–Trinajstić information content (AvgIpc) is 2.18. The van der Waals surface area contributed by atoms with Crippen LogP contribution in [0.2, 0.25) is 0 Å². The number of carbonyl (C=O) groups excluding carboxylic acids is 1. The molecule has 0 amide bonds. The highest BCUT2D eigenvalue weighted by Gasteiger charge is 1.94. The molecule has 0 bridgehead atoms. The Kier molecular flexibility index (Phi) is 5.38. The third kappa shape index (κ3) is 4.47. The summed E-state index contributed by atoms with van der Waals surface area (Å²) >= 11 is 1.87. The van der Waals surface area contributed by atoms with E-state index in [4.69, 9.17) is 0 Å². The number of hydrogen-bond acceptors (Lipinski definition) is 2. The minimum Gasteiger partial charge on any atom is -0.303 e. The van der Waals surface area contributed by atoms with Crippen LogP contribution in [0.3, 0.4) is 0 Å². The van der Waals surface area contributed by atoms with Crippen molar-refractivity contribution in [3.63, 3.8) is 0 Å². The van der Waals surface area contributed by atoms with Gasteiger partial charge in [0.25, 0.3) is 0 Å². The summed E-state index contributed by atoms with van der Waals surface area (Å²) in [6.45, 7) is 2.11. The lowest BCUT2D eigenvalue weighted by Crippen LogP contribution is -1.82. The summed E-state index contributed by atoms with van der Waals surface area (Å²) in [7, 11) is 0. The van der Waals surface area contributed by atoms with Gasteiger partial charge in [0.05, 0.1) is 0 Å². The van der Waals surface area contributed by atoms with E-state index in [1.807, 2.05) is 11.8 Å². The predicted molar refractivity (Wildman–Crippen MR) is 61.8 cm³/mol. The molecule has 1 rings (SSSR count). The van der Waals surface area contributed by atoms with Crippen LogP contribution >= 0.6 is 11.8 Å². The highest BCUT2D eigenvalue weighted by molar-refractivity contribution is 7.99. The molecule has 0 aromatic heterocycles. The molecule has 0 radical (unpaired) electrons. The maximum atomic E-state index is 10.1. The zero-order valence-electron chi connectivity index (χ0n) is 8.53. The van der Waals surface area contributed by atoms with Crippen LogP contribution in [-0.4, -0.2) is 12.0 Å². The van der Waals surface area contributed by atoms with Crippen molar-refractivity contribution in [2.24, 2.45) is 0 Å². The fraction of sp³-hybridized carbons (Fsp3) is 0.417. The summed E-state index contributed by atoms with van der Waals surface area (Å²) in [6, 6.07) is 8.53. The smallest absolute Gasteiger partial charge is 0.119 e. The van der Waals surface area contributed by atoms with Crippen LogP contribution in [0.1, 0.15) is 24.8 Å². The molecule has 0 aliphatic heterocycles. The molecule has 0 aliphatic rings. The van der Waals surface area contributed by atoms with Gasteiger partial charge in [0.2, 0.25) is 0 Å². The van der Waals surface area contributed by atoms with Gasteiger partial charge in [-0.2, -0.15) is 0 Å². The average molecular weight is 208 g/mol. The fourth-order valence-corrected chi connectivity index (χ4v) is 2.25. The third-order valence-electron chi connectivity index (χ3n) is 1.97. The normalized spacial score (nSPS) is 10.1. The molecule has 0 saturated heterocycles. The fourth-order valence-electron chi connectivity index (χ4n) is 1.22. The van der Waals surface area contributed by atoms with Crippen LogP contribution in [0.5, 0.6) is 0 Å². The van der Waals surface area contributed by atoms with Gasteiger partial charge in [-0.25, -0.2) is 0 Å². The number of thioether (sulfide) groups is 1. The Balaban J connectivity index is 2.21. The van der Waals surface area contributed by atoms with Gasteiger partial charge >= 0.3 is 0 Å². The number of unbranched alkanes of at least 4 members (excludes halogenated alkanes) is 2. The van der Waals surface area contributed by atoms with Gasteiger partial charge in [-0.1, -0.05) is 17.7 Å². The minimum atomic E-state index is 0.703. The number of benzene rings is 1. The summed E-state index contributed by atoms with van der Waals surface area (Å²) in [5.41, 5.74) is 1.31. The van der Waals surface area contributed by atoms with Crippen molar-refractivity contribution in [1.29, 1.82) is 0 Å². The van der Waals surface area contributed by atoms with E-state index in [9.17, 15) is 4.79 Å². The van der Waals surface area contributed by atoms with Crippen LogP contribution in [0, 0.1) is 6.92 Å². The number of aryl methyl sites for hydroxylation is 1. The second kappa shape index (κ2) is 6.66. The largest absolute Gasteiger partial charge is 0.303 e. The van der Waals surface area contributed by atoms with Gasteiger partial charge in [0, 0.05) is 11.3 Å². The molecule has 0 heterocycles. The van der Waals surface area contributed by atoms with E-state index in [-0.39, 0.29) is 0 Å². The molecule has 1 aromatic rings. The standard InChI is InChI=1S/C12H16OS/c1-11-6-5-7-12(10-11)14-9-4-2-3-8-13/h5-8,10H,2-4,9H2,1H3. The van der Waals surface area contributed by atoms with Crippen molar-refractivity contribution in [2.45, 2.75) is 31.1 Å². The first kappa shape index (κ1) is 11.3. The van der Waals surface area contributed by atoms with Crippen molar-refractivity contribution >= 4 is 18.0 Å². The molecule has 2 heteroatoms. The second-order valence-corrected chi connectivity index (χ2v) is 4.50. The molecular formula is C12H16OS. The highest BCUT2D eigenvalue weighted by Crippen LogP contribution is 2.20. The predicted octanol–water partition coefficient (Wildman–Crippen LogP) is 3.46. The van der Waals surface area contributed by atoms with E-state index in [1.54, 1.807) is 0 Å². The number of carbonyl (C=O) groups is 1. The first-order valence-electron chi connectivity index (χ1n) is 4.96. The lowest BCUT2D eigenvalue weighted by molar-refractivity contribution is -0.107. The monoisotopic (exact) mass is 208 g/mol. The Morgan fingerprint density at radius 1 is 1.36 bits per heavy atom. The molecule has 1 aromatic carbocycles. The molecule has 0 aliphatic carbocycles. The van der Waals surface area contributed by atoms with Crippen LogP contribution in [0.4, 0.5) is 0 Å². The summed E-state index contributed by atoms with van der Waals surface area (Å²) in [4.78, 5) is 11.4. The Bertz CT molecular complexity index is 283. The summed E-state index contributed by atoms with van der Waals surface area (Å²) < 4.78 is 0. The first-order chi connectivity index (χ1) is 6.83. The summed E-state index contributed by atoms with van der Waals surface area (Å²) in [5.74, 6) is 1.11. The zero-order chi connectivity index (χ0) is 10.2. The van der Waals surface area contributed by atoms with Gasteiger partial charge in [0.15, 0.2) is 0 Å².